The summed E-state index contributed by atoms with van der Waals surface area (Å²) in [6.45, 7) is 0. The van der Waals surface area contributed by atoms with Gasteiger partial charge in [0.05, 0.1) is 5.52 Å². The summed E-state index contributed by atoms with van der Waals surface area (Å²) in [5.74, 6) is 0.209. The zero-order valence-corrected chi connectivity index (χ0v) is 15.8. The molecule has 0 aliphatic heterocycles. The fourth-order valence-electron chi connectivity index (χ4n) is 2.68. The second kappa shape index (κ2) is 6.54. The fourth-order valence-corrected chi connectivity index (χ4v) is 4.52. The molecule has 2 aromatic carbocycles. The van der Waals surface area contributed by atoms with Crippen LogP contribution in [-0.4, -0.2) is 23.0 Å². The first kappa shape index (κ1) is 16.7. The summed E-state index contributed by atoms with van der Waals surface area (Å²) in [4.78, 5) is 8.47. The minimum absolute atomic E-state index is 0.0880. The first-order valence-corrected chi connectivity index (χ1v) is 9.98. The number of anilines is 1. The van der Waals surface area contributed by atoms with Crippen LogP contribution in [0.5, 0.6) is 0 Å². The Bertz CT molecular complexity index is 1190. The number of halogens is 1. The monoisotopic (exact) mass is 428 g/mol. The van der Waals surface area contributed by atoms with Gasteiger partial charge in [0.2, 0.25) is 5.95 Å². The predicted molar refractivity (Wildman–Crippen MR) is 104 cm³/mol. The minimum Gasteiger partial charge on any atom is -0.286 e. The van der Waals surface area contributed by atoms with Gasteiger partial charge in [0.25, 0.3) is 10.0 Å². The highest BCUT2D eigenvalue weighted by Crippen LogP contribution is 2.27. The lowest BCUT2D eigenvalue weighted by Gasteiger charge is -2.12. The van der Waals surface area contributed by atoms with Crippen molar-refractivity contribution in [3.05, 3.63) is 77.7 Å². The van der Waals surface area contributed by atoms with Gasteiger partial charge in [0.15, 0.2) is 0 Å². The van der Waals surface area contributed by atoms with Gasteiger partial charge in [0, 0.05) is 34.1 Å². The Morgan fingerprint density at radius 3 is 2.58 bits per heavy atom. The van der Waals surface area contributed by atoms with Crippen molar-refractivity contribution in [2.24, 2.45) is 0 Å². The molecule has 8 heteroatoms. The van der Waals surface area contributed by atoms with Gasteiger partial charge < -0.3 is 0 Å². The quantitative estimate of drug-likeness (QED) is 0.533. The molecule has 0 saturated carbocycles. The number of aromatic nitrogens is 3. The maximum absolute atomic E-state index is 13.0. The molecule has 0 saturated heterocycles. The molecule has 2 heterocycles. The van der Waals surface area contributed by atoms with Crippen molar-refractivity contribution in [2.75, 3.05) is 4.72 Å². The molecular weight excluding hydrogens is 416 g/mol. The van der Waals surface area contributed by atoms with Gasteiger partial charge in [0.1, 0.15) is 4.90 Å². The molecule has 2 aromatic heterocycles. The van der Waals surface area contributed by atoms with Crippen LogP contribution in [0.2, 0.25) is 0 Å². The molecule has 0 aliphatic carbocycles. The van der Waals surface area contributed by atoms with Crippen LogP contribution in [-0.2, 0) is 10.0 Å². The normalized spacial score (nSPS) is 11.6. The van der Waals surface area contributed by atoms with E-state index in [2.05, 4.69) is 30.6 Å². The molecule has 0 fully saturated rings. The molecule has 0 radical (unpaired) electrons. The van der Waals surface area contributed by atoms with E-state index in [1.807, 2.05) is 42.5 Å². The van der Waals surface area contributed by atoms with Crippen molar-refractivity contribution in [1.82, 2.24) is 14.5 Å². The highest BCUT2D eigenvalue weighted by molar-refractivity contribution is 9.10. The third-order valence-corrected chi connectivity index (χ3v) is 5.62. The summed E-state index contributed by atoms with van der Waals surface area (Å²) < 4.78 is 30.9. The minimum atomic E-state index is -3.89. The average molecular weight is 429 g/mol. The van der Waals surface area contributed by atoms with Crippen LogP contribution in [0.15, 0.2) is 82.6 Å². The molecule has 0 bridgehead atoms. The van der Waals surface area contributed by atoms with Crippen molar-refractivity contribution >= 4 is 42.8 Å². The van der Waals surface area contributed by atoms with Crippen LogP contribution in [0.1, 0.15) is 0 Å². The maximum atomic E-state index is 13.0. The standard InChI is InChI=1S/C18H13BrN4O2S/c19-14-11-13-5-4-8-20-17(13)16(12-14)26(24,25)22-18-21-9-10-23(18)15-6-2-1-3-7-15/h1-12H,(H,21,22). The first-order valence-electron chi connectivity index (χ1n) is 7.70. The van der Waals surface area contributed by atoms with Gasteiger partial charge in [-0.3, -0.25) is 9.55 Å². The molecule has 26 heavy (non-hydrogen) atoms. The Balaban J connectivity index is 1.80. The Morgan fingerprint density at radius 2 is 1.77 bits per heavy atom. The third-order valence-electron chi connectivity index (χ3n) is 3.82. The highest BCUT2D eigenvalue weighted by Gasteiger charge is 2.21. The largest absolute Gasteiger partial charge is 0.286 e. The number of hydrogen-bond acceptors (Lipinski definition) is 4. The number of fused-ring (bicyclic) bond motifs is 1. The van der Waals surface area contributed by atoms with Crippen LogP contribution < -0.4 is 4.72 Å². The number of hydrogen-bond donors (Lipinski definition) is 1. The summed E-state index contributed by atoms with van der Waals surface area (Å²) in [5, 5.41) is 0.730. The molecular formula is C18H13BrN4O2S. The molecule has 130 valence electrons. The van der Waals surface area contributed by atoms with Crippen LogP contribution in [0.3, 0.4) is 0 Å². The summed E-state index contributed by atoms with van der Waals surface area (Å²) in [7, 11) is -3.89. The second-order valence-corrected chi connectivity index (χ2v) is 8.11. The number of nitrogens with zero attached hydrogens (tertiary/aromatic N) is 3. The van der Waals surface area contributed by atoms with Crippen LogP contribution in [0.4, 0.5) is 5.95 Å². The van der Waals surface area contributed by atoms with Crippen LogP contribution in [0, 0.1) is 0 Å². The molecule has 4 aromatic rings. The fraction of sp³-hybridized carbons (Fsp3) is 0. The van der Waals surface area contributed by atoms with E-state index in [9.17, 15) is 8.42 Å². The van der Waals surface area contributed by atoms with Crippen molar-refractivity contribution in [3.8, 4) is 5.69 Å². The Labute approximate surface area is 158 Å². The van der Waals surface area contributed by atoms with E-state index in [4.69, 9.17) is 0 Å². The van der Waals surface area contributed by atoms with Crippen molar-refractivity contribution in [3.63, 3.8) is 0 Å². The van der Waals surface area contributed by atoms with E-state index in [0.717, 1.165) is 11.1 Å². The summed E-state index contributed by atoms with van der Waals surface area (Å²) in [6.07, 6.45) is 4.81. The number of imidazole rings is 1. The van der Waals surface area contributed by atoms with Gasteiger partial charge in [-0.1, -0.05) is 40.2 Å². The number of pyridine rings is 1. The number of sulfonamides is 1. The van der Waals surface area contributed by atoms with Crippen molar-refractivity contribution in [2.45, 2.75) is 4.90 Å². The molecule has 0 amide bonds. The zero-order valence-electron chi connectivity index (χ0n) is 13.4. The molecule has 0 unspecified atom stereocenters. The maximum Gasteiger partial charge on any atom is 0.266 e. The van der Waals surface area contributed by atoms with Crippen molar-refractivity contribution < 1.29 is 8.42 Å². The predicted octanol–water partition coefficient (Wildman–Crippen LogP) is 3.98. The Hall–Kier alpha value is -2.71. The van der Waals surface area contributed by atoms with Crippen LogP contribution in [0.25, 0.3) is 16.6 Å². The van der Waals surface area contributed by atoms with Gasteiger partial charge >= 0.3 is 0 Å². The zero-order chi connectivity index (χ0) is 18.1. The number of rotatable bonds is 4. The van der Waals surface area contributed by atoms with E-state index >= 15 is 0 Å². The molecule has 6 nitrogen and oxygen atoms in total. The van der Waals surface area contributed by atoms with E-state index in [-0.39, 0.29) is 10.8 Å². The summed E-state index contributed by atoms with van der Waals surface area (Å²) in [5.41, 5.74) is 1.21. The van der Waals surface area contributed by atoms with E-state index in [0.29, 0.717) is 9.99 Å². The first-order chi connectivity index (χ1) is 12.5. The molecule has 0 spiro atoms. The second-order valence-electron chi connectivity index (χ2n) is 5.54. The topological polar surface area (TPSA) is 76.9 Å². The Kier molecular flexibility index (Phi) is 4.21. The van der Waals surface area contributed by atoms with Gasteiger partial charge in [-0.05, 0) is 30.3 Å². The lowest BCUT2D eigenvalue weighted by Crippen LogP contribution is -2.17. The third kappa shape index (κ3) is 3.09. The molecule has 4 rings (SSSR count). The highest BCUT2D eigenvalue weighted by atomic mass is 79.9. The van der Waals surface area contributed by atoms with E-state index < -0.39 is 10.0 Å². The van der Waals surface area contributed by atoms with E-state index in [1.165, 1.54) is 6.07 Å². The molecule has 0 atom stereocenters. The smallest absolute Gasteiger partial charge is 0.266 e. The number of benzene rings is 2. The lowest BCUT2D eigenvalue weighted by atomic mass is 10.2. The SMILES string of the molecule is O=S(=O)(Nc1nccn1-c1ccccc1)c1cc(Br)cc2cccnc12. The van der Waals surface area contributed by atoms with Crippen LogP contribution >= 0.6 is 15.9 Å². The number of para-hydroxylation sites is 1. The summed E-state index contributed by atoms with van der Waals surface area (Å²) in [6, 6.07) is 16.3. The summed E-state index contributed by atoms with van der Waals surface area (Å²) >= 11 is 3.36. The van der Waals surface area contributed by atoms with Gasteiger partial charge in [-0.2, -0.15) is 0 Å². The molecule has 1 N–H and O–H groups in total. The van der Waals surface area contributed by atoms with Gasteiger partial charge in [-0.25, -0.2) is 18.1 Å². The molecule has 0 aliphatic rings. The Morgan fingerprint density at radius 1 is 0.962 bits per heavy atom. The number of nitrogens with one attached hydrogen (secondary N) is 1. The lowest BCUT2D eigenvalue weighted by molar-refractivity contribution is 0.601. The van der Waals surface area contributed by atoms with E-state index in [1.54, 1.807) is 29.2 Å². The van der Waals surface area contributed by atoms with Crippen molar-refractivity contribution in [1.29, 1.82) is 0 Å². The average Bonchev–Trinajstić information content (AvgIpc) is 3.09. The van der Waals surface area contributed by atoms with Gasteiger partial charge in [-0.15, -0.1) is 0 Å².